The second-order valence-corrected chi connectivity index (χ2v) is 7.17. The predicted octanol–water partition coefficient (Wildman–Crippen LogP) is 3.40. The van der Waals surface area contributed by atoms with Crippen molar-refractivity contribution in [1.29, 1.82) is 0 Å². The summed E-state index contributed by atoms with van der Waals surface area (Å²) in [5, 5.41) is 8.13. The maximum atomic E-state index is 13.4. The van der Waals surface area contributed by atoms with Gasteiger partial charge in [0, 0.05) is 37.1 Å². The Morgan fingerprint density at radius 1 is 1.14 bits per heavy atom. The van der Waals surface area contributed by atoms with E-state index in [1.54, 1.807) is 43.0 Å². The van der Waals surface area contributed by atoms with Crippen LogP contribution in [0.2, 0.25) is 0 Å². The molecule has 0 fully saturated rings. The van der Waals surface area contributed by atoms with Crippen molar-refractivity contribution in [2.75, 3.05) is 0 Å². The molecule has 0 aliphatic heterocycles. The van der Waals surface area contributed by atoms with Gasteiger partial charge in [-0.15, -0.1) is 0 Å². The Balaban J connectivity index is 1.67. The van der Waals surface area contributed by atoms with E-state index in [1.807, 2.05) is 30.1 Å². The minimum absolute atomic E-state index is 0.172. The molecule has 1 atom stereocenters. The van der Waals surface area contributed by atoms with Crippen molar-refractivity contribution in [2.45, 2.75) is 25.9 Å². The van der Waals surface area contributed by atoms with Crippen LogP contribution in [0.15, 0.2) is 55.1 Å². The molecular weight excluding hydrogens is 371 g/mol. The summed E-state index contributed by atoms with van der Waals surface area (Å²) in [7, 11) is 1.85. The van der Waals surface area contributed by atoms with Crippen molar-refractivity contribution in [2.24, 2.45) is 7.05 Å². The molecule has 3 heterocycles. The summed E-state index contributed by atoms with van der Waals surface area (Å²) in [6.07, 6.45) is 6.70. The van der Waals surface area contributed by atoms with Crippen LogP contribution in [0.1, 0.15) is 47.7 Å². The van der Waals surface area contributed by atoms with Crippen molar-refractivity contribution >= 4 is 16.9 Å². The molecule has 0 bridgehead atoms. The summed E-state index contributed by atoms with van der Waals surface area (Å²) in [6.45, 7) is 4.05. The molecule has 1 unspecified atom stereocenters. The number of pyridine rings is 1. The summed E-state index contributed by atoms with van der Waals surface area (Å²) in [6, 6.07) is 7.43. The highest BCUT2D eigenvalue weighted by molar-refractivity contribution is 5.97. The topological polar surface area (TPSA) is 77.6 Å². The van der Waals surface area contributed by atoms with Gasteiger partial charge in [0.2, 0.25) is 0 Å². The molecule has 0 aliphatic rings. The Kier molecular flexibility index (Phi) is 4.84. The standard InChI is InChI=1S/C21H21FN6O/c1-13(2)28-19-15(12-25-28)10-16(11-24-19)21(29)26-18(20-23-8-9-27(20)3)14-4-6-17(22)7-5-14/h4-13,18H,1-3H3,(H,26,29). The summed E-state index contributed by atoms with van der Waals surface area (Å²) in [4.78, 5) is 21.8. The quantitative estimate of drug-likeness (QED) is 0.565. The van der Waals surface area contributed by atoms with Gasteiger partial charge in [0.15, 0.2) is 5.65 Å². The normalized spacial score (nSPS) is 12.4. The number of fused-ring (bicyclic) bond motifs is 1. The lowest BCUT2D eigenvalue weighted by atomic mass is 10.1. The summed E-state index contributed by atoms with van der Waals surface area (Å²) in [5.74, 6) is 0.0103. The lowest BCUT2D eigenvalue weighted by Gasteiger charge is -2.19. The fourth-order valence-corrected chi connectivity index (χ4v) is 3.26. The van der Waals surface area contributed by atoms with E-state index in [-0.39, 0.29) is 17.8 Å². The zero-order valence-electron chi connectivity index (χ0n) is 16.4. The van der Waals surface area contributed by atoms with Crippen LogP contribution >= 0.6 is 0 Å². The van der Waals surface area contributed by atoms with Crippen molar-refractivity contribution < 1.29 is 9.18 Å². The third kappa shape index (κ3) is 3.61. The minimum Gasteiger partial charge on any atom is -0.338 e. The van der Waals surface area contributed by atoms with Crippen LogP contribution in [-0.2, 0) is 7.05 Å². The van der Waals surface area contributed by atoms with Gasteiger partial charge < -0.3 is 9.88 Å². The number of carbonyl (C=O) groups is 1. The lowest BCUT2D eigenvalue weighted by molar-refractivity contribution is 0.0941. The molecule has 0 saturated carbocycles. The van der Waals surface area contributed by atoms with Gasteiger partial charge in [0.05, 0.1) is 11.8 Å². The number of rotatable bonds is 5. The largest absolute Gasteiger partial charge is 0.338 e. The van der Waals surface area contributed by atoms with E-state index in [0.29, 0.717) is 11.4 Å². The first-order valence-electron chi connectivity index (χ1n) is 9.31. The minimum atomic E-state index is -0.530. The number of amides is 1. The first kappa shape index (κ1) is 18.8. The number of aryl methyl sites for hydroxylation is 1. The van der Waals surface area contributed by atoms with E-state index in [1.165, 1.54) is 12.1 Å². The lowest BCUT2D eigenvalue weighted by Crippen LogP contribution is -2.31. The Bertz CT molecular complexity index is 1160. The molecule has 0 spiro atoms. The zero-order chi connectivity index (χ0) is 20.5. The van der Waals surface area contributed by atoms with Crippen LogP contribution in [0.3, 0.4) is 0 Å². The van der Waals surface area contributed by atoms with Gasteiger partial charge in [-0.25, -0.2) is 19.0 Å². The number of halogens is 1. The number of benzene rings is 1. The van der Waals surface area contributed by atoms with Crippen LogP contribution in [-0.4, -0.2) is 30.2 Å². The number of imidazole rings is 1. The SMILES string of the molecule is CC(C)n1ncc2cc(C(=O)NC(c3ccc(F)cc3)c3nccn3C)cnc21. The number of nitrogens with one attached hydrogen (secondary N) is 1. The number of carbonyl (C=O) groups excluding carboxylic acids is 1. The maximum absolute atomic E-state index is 13.4. The molecule has 1 amide bonds. The Hall–Kier alpha value is -3.55. The maximum Gasteiger partial charge on any atom is 0.253 e. The smallest absolute Gasteiger partial charge is 0.253 e. The van der Waals surface area contributed by atoms with Gasteiger partial charge in [0.1, 0.15) is 17.7 Å². The van der Waals surface area contributed by atoms with Crippen LogP contribution in [0.4, 0.5) is 4.39 Å². The Labute approximate surface area is 167 Å². The predicted molar refractivity (Wildman–Crippen MR) is 107 cm³/mol. The van der Waals surface area contributed by atoms with Crippen LogP contribution < -0.4 is 5.32 Å². The van der Waals surface area contributed by atoms with Crippen LogP contribution in [0, 0.1) is 5.82 Å². The van der Waals surface area contributed by atoms with E-state index < -0.39 is 6.04 Å². The van der Waals surface area contributed by atoms with Crippen molar-refractivity contribution in [3.8, 4) is 0 Å². The fourth-order valence-electron chi connectivity index (χ4n) is 3.26. The van der Waals surface area contributed by atoms with Crippen molar-refractivity contribution in [3.63, 3.8) is 0 Å². The monoisotopic (exact) mass is 392 g/mol. The van der Waals surface area contributed by atoms with Crippen LogP contribution in [0.5, 0.6) is 0 Å². The average molecular weight is 392 g/mol. The van der Waals surface area contributed by atoms with Gasteiger partial charge in [-0.05, 0) is 37.6 Å². The highest BCUT2D eigenvalue weighted by Gasteiger charge is 2.22. The van der Waals surface area contributed by atoms with E-state index in [4.69, 9.17) is 0 Å². The molecule has 4 aromatic rings. The fraction of sp³-hybridized carbons (Fsp3) is 0.238. The third-order valence-electron chi connectivity index (χ3n) is 4.78. The molecule has 0 radical (unpaired) electrons. The van der Waals surface area contributed by atoms with Gasteiger partial charge in [-0.1, -0.05) is 12.1 Å². The average Bonchev–Trinajstić information content (AvgIpc) is 3.32. The number of hydrogen-bond acceptors (Lipinski definition) is 4. The number of nitrogens with zero attached hydrogens (tertiary/aromatic N) is 5. The molecule has 4 rings (SSSR count). The van der Waals surface area contributed by atoms with Gasteiger partial charge in [0.25, 0.3) is 5.91 Å². The first-order valence-corrected chi connectivity index (χ1v) is 9.31. The van der Waals surface area contributed by atoms with E-state index in [0.717, 1.165) is 16.6 Å². The Morgan fingerprint density at radius 2 is 1.90 bits per heavy atom. The second-order valence-electron chi connectivity index (χ2n) is 7.17. The van der Waals surface area contributed by atoms with Crippen molar-refractivity contribution in [3.05, 3.63) is 77.9 Å². The summed E-state index contributed by atoms with van der Waals surface area (Å²) in [5.41, 5.74) is 1.88. The molecule has 7 nitrogen and oxygen atoms in total. The number of hydrogen-bond donors (Lipinski definition) is 1. The highest BCUT2D eigenvalue weighted by Crippen LogP contribution is 2.22. The molecule has 148 valence electrons. The molecular formula is C21H21FN6O. The second kappa shape index (κ2) is 7.46. The molecule has 1 N–H and O–H groups in total. The summed E-state index contributed by atoms with van der Waals surface area (Å²) < 4.78 is 17.0. The zero-order valence-corrected chi connectivity index (χ0v) is 16.4. The van der Waals surface area contributed by atoms with E-state index in [9.17, 15) is 9.18 Å². The van der Waals surface area contributed by atoms with E-state index in [2.05, 4.69) is 20.4 Å². The van der Waals surface area contributed by atoms with Gasteiger partial charge in [-0.3, -0.25) is 4.79 Å². The first-order chi connectivity index (χ1) is 13.9. The molecule has 1 aromatic carbocycles. The highest BCUT2D eigenvalue weighted by atomic mass is 19.1. The Morgan fingerprint density at radius 3 is 2.55 bits per heavy atom. The van der Waals surface area contributed by atoms with Gasteiger partial charge in [-0.2, -0.15) is 5.10 Å². The van der Waals surface area contributed by atoms with Crippen molar-refractivity contribution in [1.82, 2.24) is 29.6 Å². The molecule has 0 aliphatic carbocycles. The number of aromatic nitrogens is 5. The molecule has 0 saturated heterocycles. The molecule has 3 aromatic heterocycles. The van der Waals surface area contributed by atoms with Gasteiger partial charge >= 0.3 is 0 Å². The molecule has 29 heavy (non-hydrogen) atoms. The summed E-state index contributed by atoms with van der Waals surface area (Å²) >= 11 is 0. The third-order valence-corrected chi connectivity index (χ3v) is 4.78. The molecule has 8 heteroatoms. The van der Waals surface area contributed by atoms with E-state index >= 15 is 0 Å². The van der Waals surface area contributed by atoms with Crippen LogP contribution in [0.25, 0.3) is 11.0 Å².